The summed E-state index contributed by atoms with van der Waals surface area (Å²) in [5.74, 6) is -2.02. The van der Waals surface area contributed by atoms with E-state index >= 15 is 0 Å². The monoisotopic (exact) mass is 613 g/mol. The molecule has 1 heterocycles. The number of hydrogen-bond acceptors (Lipinski definition) is 7. The average molecular weight is 614 g/mol. The van der Waals surface area contributed by atoms with Gasteiger partial charge in [-0.1, -0.05) is 103 Å². The van der Waals surface area contributed by atoms with Gasteiger partial charge in [-0.2, -0.15) is 0 Å². The van der Waals surface area contributed by atoms with E-state index in [4.69, 9.17) is 9.47 Å². The topological polar surface area (TPSA) is 134 Å². The van der Waals surface area contributed by atoms with Crippen LogP contribution < -0.4 is 10.6 Å². The Morgan fingerprint density at radius 1 is 0.889 bits per heavy atom. The number of carbonyl (C=O) groups is 4. The van der Waals surface area contributed by atoms with E-state index in [-0.39, 0.29) is 57.4 Å². The predicted molar refractivity (Wildman–Crippen MR) is 167 cm³/mol. The molecule has 10 heteroatoms. The van der Waals surface area contributed by atoms with Gasteiger partial charge in [0.15, 0.2) is 0 Å². The Hall–Kier alpha value is -4.96. The number of nitrogens with zero attached hydrogens (tertiary/aromatic N) is 1. The zero-order valence-corrected chi connectivity index (χ0v) is 25.0. The molecule has 1 aliphatic rings. The van der Waals surface area contributed by atoms with Gasteiger partial charge in [0.05, 0.1) is 18.6 Å². The van der Waals surface area contributed by atoms with Gasteiger partial charge in [-0.05, 0) is 29.5 Å². The molecule has 3 aromatic carbocycles. The van der Waals surface area contributed by atoms with Crippen molar-refractivity contribution in [1.29, 1.82) is 0 Å². The number of amides is 3. The van der Waals surface area contributed by atoms with Crippen LogP contribution in [0.3, 0.4) is 0 Å². The number of allylic oxidation sites excluding steroid dienone is 1. The summed E-state index contributed by atoms with van der Waals surface area (Å²) in [6.07, 6.45) is 2.87. The highest BCUT2D eigenvalue weighted by atomic mass is 16.6. The molecule has 0 saturated heterocycles. The van der Waals surface area contributed by atoms with Gasteiger partial charge >= 0.3 is 12.1 Å². The summed E-state index contributed by atoms with van der Waals surface area (Å²) in [4.78, 5) is 54.2. The molecule has 10 nitrogen and oxygen atoms in total. The maximum absolute atomic E-state index is 13.6. The van der Waals surface area contributed by atoms with Gasteiger partial charge in [-0.15, -0.1) is 0 Å². The second-order valence-corrected chi connectivity index (χ2v) is 10.7. The van der Waals surface area contributed by atoms with E-state index in [1.807, 2.05) is 91.0 Å². The molecule has 236 valence electrons. The summed E-state index contributed by atoms with van der Waals surface area (Å²) in [6.45, 7) is 0.0917. The molecule has 0 spiro atoms. The van der Waals surface area contributed by atoms with Gasteiger partial charge in [0.1, 0.15) is 19.3 Å². The molecule has 3 N–H and O–H groups in total. The third-order valence-electron chi connectivity index (χ3n) is 7.39. The van der Waals surface area contributed by atoms with Crippen LogP contribution in [0.5, 0.6) is 0 Å². The van der Waals surface area contributed by atoms with E-state index in [2.05, 4.69) is 10.6 Å². The number of esters is 1. The largest absolute Gasteiger partial charge is 0.462 e. The van der Waals surface area contributed by atoms with E-state index in [1.54, 1.807) is 17.1 Å². The molecular formula is C35H39N3O7. The van der Waals surface area contributed by atoms with Crippen LogP contribution in [0, 0.1) is 5.92 Å². The molecule has 0 saturated carbocycles. The molecule has 45 heavy (non-hydrogen) atoms. The number of aliphatic hydroxyl groups is 1. The van der Waals surface area contributed by atoms with E-state index in [9.17, 15) is 24.3 Å². The van der Waals surface area contributed by atoms with Crippen molar-refractivity contribution in [3.8, 4) is 0 Å². The van der Waals surface area contributed by atoms with Crippen LogP contribution in [0.1, 0.15) is 42.0 Å². The molecule has 4 rings (SSSR count). The molecule has 1 aliphatic heterocycles. The van der Waals surface area contributed by atoms with Crippen LogP contribution >= 0.6 is 0 Å². The summed E-state index contributed by atoms with van der Waals surface area (Å²) < 4.78 is 10.9. The molecule has 0 aliphatic carbocycles. The number of cyclic esters (lactones) is 1. The number of hydrogen-bond donors (Lipinski definition) is 3. The Bertz CT molecular complexity index is 1420. The Balaban J connectivity index is 1.49. The van der Waals surface area contributed by atoms with Gasteiger partial charge in [0, 0.05) is 19.5 Å². The third-order valence-corrected chi connectivity index (χ3v) is 7.39. The van der Waals surface area contributed by atoms with E-state index < -0.39 is 30.1 Å². The number of rotatable bonds is 10. The Labute approximate surface area is 263 Å². The standard InChI is InChI=1S/C35H39N3O7/c39-21-20-38(23-26-12-4-1-5-13-26)32(40)22-29-18-10-11-19-30(37-35(43)45-24-27-14-6-2-7-15-27)34(42)44-25-31(36-33(29)41)28-16-8-3-9-17-28/h1-17,29-31,39H,18-25H2,(H,36,41)(H,37,43)/t29-,30-,31+/m1/s1. The minimum Gasteiger partial charge on any atom is -0.462 e. The Kier molecular flexibility index (Phi) is 12.7. The van der Waals surface area contributed by atoms with Crippen molar-refractivity contribution in [2.45, 2.75) is 44.5 Å². The lowest BCUT2D eigenvalue weighted by molar-refractivity contribution is -0.147. The van der Waals surface area contributed by atoms with Crippen LogP contribution in [0.4, 0.5) is 4.79 Å². The van der Waals surface area contributed by atoms with Crippen molar-refractivity contribution in [1.82, 2.24) is 15.5 Å². The van der Waals surface area contributed by atoms with Crippen molar-refractivity contribution in [3.63, 3.8) is 0 Å². The lowest BCUT2D eigenvalue weighted by Gasteiger charge is -2.27. The minimum absolute atomic E-state index is 0.0413. The molecular weight excluding hydrogens is 574 g/mol. The normalized spacial score (nSPS) is 18.8. The van der Waals surface area contributed by atoms with Crippen LogP contribution in [-0.4, -0.2) is 59.7 Å². The van der Waals surface area contributed by atoms with Crippen molar-refractivity contribution in [3.05, 3.63) is 120 Å². The van der Waals surface area contributed by atoms with Crippen molar-refractivity contribution < 1.29 is 33.8 Å². The number of alkyl carbamates (subject to hydrolysis) is 1. The van der Waals surface area contributed by atoms with Gasteiger partial charge in [0.2, 0.25) is 11.8 Å². The number of ether oxygens (including phenoxy) is 2. The average Bonchev–Trinajstić information content (AvgIpc) is 3.06. The minimum atomic E-state index is -1.03. The van der Waals surface area contributed by atoms with E-state index in [0.717, 1.165) is 11.1 Å². The zero-order valence-electron chi connectivity index (χ0n) is 25.0. The quantitative estimate of drug-likeness (QED) is 0.232. The smallest absolute Gasteiger partial charge is 0.408 e. The number of benzene rings is 3. The van der Waals surface area contributed by atoms with Crippen LogP contribution in [0.25, 0.3) is 0 Å². The highest BCUT2D eigenvalue weighted by Crippen LogP contribution is 2.20. The summed E-state index contributed by atoms with van der Waals surface area (Å²) in [7, 11) is 0. The first kappa shape index (κ1) is 32.9. The molecule has 0 unspecified atom stereocenters. The zero-order chi connectivity index (χ0) is 31.9. The lowest BCUT2D eigenvalue weighted by atomic mass is 9.97. The van der Waals surface area contributed by atoms with Crippen LogP contribution in [0.2, 0.25) is 0 Å². The second kappa shape index (κ2) is 17.4. The Morgan fingerprint density at radius 2 is 1.51 bits per heavy atom. The number of nitrogens with one attached hydrogen (secondary N) is 2. The fourth-order valence-electron chi connectivity index (χ4n) is 4.92. The van der Waals surface area contributed by atoms with E-state index in [1.165, 1.54) is 0 Å². The fraction of sp³-hybridized carbons (Fsp3) is 0.314. The highest BCUT2D eigenvalue weighted by molar-refractivity contribution is 5.86. The number of aliphatic hydroxyl groups excluding tert-OH is 1. The summed E-state index contributed by atoms with van der Waals surface area (Å²) in [5.41, 5.74) is 2.43. The molecule has 3 aromatic rings. The van der Waals surface area contributed by atoms with Gasteiger partial charge in [-0.25, -0.2) is 9.59 Å². The van der Waals surface area contributed by atoms with Crippen LogP contribution in [0.15, 0.2) is 103 Å². The van der Waals surface area contributed by atoms with Gasteiger partial charge in [-0.3, -0.25) is 9.59 Å². The molecule has 3 atom stereocenters. The molecule has 0 aromatic heterocycles. The second-order valence-electron chi connectivity index (χ2n) is 10.7. The molecule has 0 fully saturated rings. The highest BCUT2D eigenvalue weighted by Gasteiger charge is 2.29. The molecule has 0 bridgehead atoms. The van der Waals surface area contributed by atoms with Crippen molar-refractivity contribution in [2.24, 2.45) is 5.92 Å². The number of carbonyl (C=O) groups excluding carboxylic acids is 4. The predicted octanol–water partition coefficient (Wildman–Crippen LogP) is 4.06. The lowest BCUT2D eigenvalue weighted by Crippen LogP contribution is -2.44. The molecule has 3 amide bonds. The third kappa shape index (κ3) is 10.6. The first-order chi connectivity index (χ1) is 21.9. The molecule has 0 radical (unpaired) electrons. The van der Waals surface area contributed by atoms with Crippen LogP contribution in [-0.2, 0) is 37.0 Å². The SMILES string of the molecule is O=C(N[C@@H]1CC=CC[C@H](CC(=O)N(CCO)Cc2ccccc2)C(=O)N[C@H](c2ccccc2)COC1=O)OCc1ccccc1. The van der Waals surface area contributed by atoms with Crippen molar-refractivity contribution in [2.75, 3.05) is 19.8 Å². The van der Waals surface area contributed by atoms with Gasteiger partial charge < -0.3 is 30.1 Å². The Morgan fingerprint density at radius 3 is 2.18 bits per heavy atom. The first-order valence-electron chi connectivity index (χ1n) is 15.0. The van der Waals surface area contributed by atoms with Crippen molar-refractivity contribution >= 4 is 23.9 Å². The fourth-order valence-corrected chi connectivity index (χ4v) is 4.92. The maximum Gasteiger partial charge on any atom is 0.408 e. The summed E-state index contributed by atoms with van der Waals surface area (Å²) in [6, 6.07) is 26.0. The van der Waals surface area contributed by atoms with E-state index in [0.29, 0.717) is 12.1 Å². The summed E-state index contributed by atoms with van der Waals surface area (Å²) >= 11 is 0. The maximum atomic E-state index is 13.6. The summed E-state index contributed by atoms with van der Waals surface area (Å²) in [5, 5.41) is 15.2. The first-order valence-corrected chi connectivity index (χ1v) is 15.0. The van der Waals surface area contributed by atoms with Gasteiger partial charge in [0.25, 0.3) is 0 Å².